The van der Waals surface area contributed by atoms with Crippen LogP contribution in [0.3, 0.4) is 0 Å². The molecule has 1 aliphatic heterocycles. The van der Waals surface area contributed by atoms with Gasteiger partial charge in [0.05, 0.1) is 6.61 Å². The maximum Gasteiger partial charge on any atom is 0.144 e. The molecule has 1 unspecified atom stereocenters. The summed E-state index contributed by atoms with van der Waals surface area (Å²) in [5.74, 6) is 0. The molecule has 48 valence electrons. The molecule has 0 saturated carbocycles. The summed E-state index contributed by atoms with van der Waals surface area (Å²) in [5.41, 5.74) is 0.125. The topological polar surface area (TPSA) is 15.8 Å². The first-order valence-corrected chi connectivity index (χ1v) is 3.03. The number of hydrogen-bond acceptors (Lipinski definition) is 2. The highest BCUT2D eigenvalue weighted by Crippen LogP contribution is 2.31. The molecule has 0 aliphatic carbocycles. The molecular formula is C6H13NO. The van der Waals surface area contributed by atoms with Crippen LogP contribution in [0.25, 0.3) is 0 Å². The van der Waals surface area contributed by atoms with Crippen molar-refractivity contribution in [1.82, 2.24) is 4.90 Å². The van der Waals surface area contributed by atoms with E-state index in [0.717, 1.165) is 13.0 Å². The van der Waals surface area contributed by atoms with Crippen LogP contribution in [0.4, 0.5) is 0 Å². The number of rotatable bonds is 2. The third kappa shape index (κ3) is 0.740. The first kappa shape index (κ1) is 6.05. The molecule has 1 rings (SSSR count). The third-order valence-corrected chi connectivity index (χ3v) is 1.85. The Kier molecular flexibility index (Phi) is 1.29. The van der Waals surface area contributed by atoms with Crippen molar-refractivity contribution >= 4 is 0 Å². The van der Waals surface area contributed by atoms with Crippen LogP contribution in [0.5, 0.6) is 0 Å². The molecule has 0 aromatic rings. The van der Waals surface area contributed by atoms with Gasteiger partial charge in [-0.2, -0.15) is 0 Å². The molecular weight excluding hydrogens is 102 g/mol. The average Bonchev–Trinajstić information content (AvgIpc) is 2.44. The summed E-state index contributed by atoms with van der Waals surface area (Å²) in [7, 11) is 4.10. The molecule has 0 spiro atoms. The lowest BCUT2D eigenvalue weighted by Gasteiger charge is -2.16. The summed E-state index contributed by atoms with van der Waals surface area (Å²) in [4.78, 5) is 2.13. The summed E-state index contributed by atoms with van der Waals surface area (Å²) in [6.45, 7) is 3.06. The smallest absolute Gasteiger partial charge is 0.144 e. The number of nitrogens with zero attached hydrogens (tertiary/aromatic N) is 1. The zero-order chi connectivity index (χ0) is 6.20. The molecule has 0 radical (unpaired) electrons. The van der Waals surface area contributed by atoms with Crippen LogP contribution in [0.1, 0.15) is 13.3 Å². The standard InChI is InChI=1S/C6H13NO/c1-4-6(5-8-6)7(2)3/h4-5H2,1-3H3. The van der Waals surface area contributed by atoms with Gasteiger partial charge in [-0.25, -0.2) is 0 Å². The van der Waals surface area contributed by atoms with Crippen LogP contribution >= 0.6 is 0 Å². The zero-order valence-corrected chi connectivity index (χ0v) is 5.77. The highest BCUT2D eigenvalue weighted by atomic mass is 16.6. The van der Waals surface area contributed by atoms with E-state index < -0.39 is 0 Å². The molecule has 1 fully saturated rings. The number of hydrogen-bond donors (Lipinski definition) is 0. The van der Waals surface area contributed by atoms with Crippen molar-refractivity contribution in [3.8, 4) is 0 Å². The van der Waals surface area contributed by atoms with E-state index in [2.05, 4.69) is 25.9 Å². The van der Waals surface area contributed by atoms with E-state index in [1.807, 2.05) is 0 Å². The van der Waals surface area contributed by atoms with Gasteiger partial charge in [-0.3, -0.25) is 4.90 Å². The van der Waals surface area contributed by atoms with Crippen LogP contribution in [0.2, 0.25) is 0 Å². The second kappa shape index (κ2) is 1.71. The van der Waals surface area contributed by atoms with E-state index in [4.69, 9.17) is 4.74 Å². The van der Waals surface area contributed by atoms with E-state index in [-0.39, 0.29) is 5.72 Å². The largest absolute Gasteiger partial charge is 0.354 e. The molecule has 1 atom stereocenters. The second-order valence-corrected chi connectivity index (χ2v) is 2.48. The Morgan fingerprint density at radius 3 is 2.12 bits per heavy atom. The van der Waals surface area contributed by atoms with Crippen LogP contribution in [-0.2, 0) is 4.74 Å². The first-order valence-electron chi connectivity index (χ1n) is 3.03. The van der Waals surface area contributed by atoms with Gasteiger partial charge in [0.25, 0.3) is 0 Å². The Morgan fingerprint density at radius 2 is 2.12 bits per heavy atom. The lowest BCUT2D eigenvalue weighted by Crippen LogP contribution is -2.30. The molecule has 0 bridgehead atoms. The maximum atomic E-state index is 5.23. The Morgan fingerprint density at radius 1 is 1.62 bits per heavy atom. The second-order valence-electron chi connectivity index (χ2n) is 2.48. The molecule has 0 aromatic carbocycles. The van der Waals surface area contributed by atoms with Crippen LogP contribution < -0.4 is 0 Å². The molecule has 1 saturated heterocycles. The lowest BCUT2D eigenvalue weighted by molar-refractivity contribution is 0.127. The van der Waals surface area contributed by atoms with Gasteiger partial charge in [0.15, 0.2) is 0 Å². The van der Waals surface area contributed by atoms with Gasteiger partial charge in [0.1, 0.15) is 5.72 Å². The summed E-state index contributed by atoms with van der Waals surface area (Å²) >= 11 is 0. The maximum absolute atomic E-state index is 5.23. The molecule has 2 nitrogen and oxygen atoms in total. The van der Waals surface area contributed by atoms with E-state index in [0.29, 0.717) is 0 Å². The fourth-order valence-corrected chi connectivity index (χ4v) is 0.862. The zero-order valence-electron chi connectivity index (χ0n) is 5.77. The Bertz CT molecular complexity index is 86.5. The highest BCUT2D eigenvalue weighted by molar-refractivity contribution is 4.86. The van der Waals surface area contributed by atoms with Gasteiger partial charge < -0.3 is 4.74 Å². The van der Waals surface area contributed by atoms with Gasteiger partial charge in [0.2, 0.25) is 0 Å². The monoisotopic (exact) mass is 115 g/mol. The highest BCUT2D eigenvalue weighted by Gasteiger charge is 2.44. The van der Waals surface area contributed by atoms with Gasteiger partial charge >= 0.3 is 0 Å². The van der Waals surface area contributed by atoms with Crippen LogP contribution in [-0.4, -0.2) is 31.3 Å². The van der Waals surface area contributed by atoms with Gasteiger partial charge in [-0.05, 0) is 20.5 Å². The molecule has 2 heteroatoms. The number of likely N-dealkylation sites (N-methyl/N-ethyl adjacent to an activating group) is 1. The van der Waals surface area contributed by atoms with Gasteiger partial charge in [-0.1, -0.05) is 6.92 Å². The minimum absolute atomic E-state index is 0.125. The van der Waals surface area contributed by atoms with E-state index in [9.17, 15) is 0 Å². The van der Waals surface area contributed by atoms with Gasteiger partial charge in [-0.15, -0.1) is 0 Å². The Hall–Kier alpha value is -0.0800. The van der Waals surface area contributed by atoms with Crippen molar-refractivity contribution in [2.45, 2.75) is 19.1 Å². The molecule has 8 heavy (non-hydrogen) atoms. The van der Waals surface area contributed by atoms with E-state index >= 15 is 0 Å². The van der Waals surface area contributed by atoms with Crippen molar-refractivity contribution in [2.24, 2.45) is 0 Å². The fourth-order valence-electron chi connectivity index (χ4n) is 0.862. The average molecular weight is 115 g/mol. The van der Waals surface area contributed by atoms with Crippen molar-refractivity contribution in [1.29, 1.82) is 0 Å². The number of epoxide rings is 1. The minimum atomic E-state index is 0.125. The van der Waals surface area contributed by atoms with E-state index in [1.54, 1.807) is 0 Å². The lowest BCUT2D eigenvalue weighted by atomic mass is 10.2. The van der Waals surface area contributed by atoms with Crippen molar-refractivity contribution in [3.63, 3.8) is 0 Å². The summed E-state index contributed by atoms with van der Waals surface area (Å²) in [5, 5.41) is 0. The van der Waals surface area contributed by atoms with E-state index in [1.165, 1.54) is 0 Å². The first-order chi connectivity index (χ1) is 3.71. The fraction of sp³-hybridized carbons (Fsp3) is 1.00. The van der Waals surface area contributed by atoms with Gasteiger partial charge in [0, 0.05) is 0 Å². The van der Waals surface area contributed by atoms with Crippen LogP contribution in [0.15, 0.2) is 0 Å². The summed E-state index contributed by atoms with van der Waals surface area (Å²) in [6.07, 6.45) is 1.10. The summed E-state index contributed by atoms with van der Waals surface area (Å²) in [6, 6.07) is 0. The number of ether oxygens (including phenoxy) is 1. The van der Waals surface area contributed by atoms with Crippen molar-refractivity contribution in [2.75, 3.05) is 20.7 Å². The van der Waals surface area contributed by atoms with Crippen LogP contribution in [0, 0.1) is 0 Å². The quantitative estimate of drug-likeness (QED) is 0.492. The predicted octanol–water partition coefficient (Wildman–Crippen LogP) is 0.684. The molecule has 1 aliphatic rings. The normalized spacial score (nSPS) is 36.0. The molecule has 1 heterocycles. The molecule has 0 N–H and O–H groups in total. The SMILES string of the molecule is CCC1(N(C)C)CO1. The molecule has 0 aromatic heterocycles. The predicted molar refractivity (Wildman–Crippen MR) is 32.7 cm³/mol. The summed E-state index contributed by atoms with van der Waals surface area (Å²) < 4.78 is 5.23. The van der Waals surface area contributed by atoms with Crippen molar-refractivity contribution < 1.29 is 4.74 Å². The molecule has 0 amide bonds. The third-order valence-electron chi connectivity index (χ3n) is 1.85. The van der Waals surface area contributed by atoms with Crippen molar-refractivity contribution in [3.05, 3.63) is 0 Å². The Labute approximate surface area is 50.4 Å². The minimum Gasteiger partial charge on any atom is -0.354 e. The Balaban J connectivity index is 2.41.